The Morgan fingerprint density at radius 3 is 1.63 bits per heavy atom. The Kier molecular flexibility index (Phi) is 14.7. The van der Waals surface area contributed by atoms with Crippen molar-refractivity contribution in [2.24, 2.45) is 0 Å². The molecule has 0 unspecified atom stereocenters. The molecule has 0 radical (unpaired) electrons. The largest absolute Gasteiger partial charge is 0.396 e. The lowest BCUT2D eigenvalue weighted by Gasteiger charge is -1.96. The van der Waals surface area contributed by atoms with E-state index in [-0.39, 0.29) is 13.2 Å². The molecule has 0 atom stereocenters. The van der Waals surface area contributed by atoms with Crippen molar-refractivity contribution < 1.29 is 15.0 Å². The zero-order chi connectivity index (χ0) is 21.7. The van der Waals surface area contributed by atoms with Crippen molar-refractivity contribution in [2.45, 2.75) is 12.8 Å². The van der Waals surface area contributed by atoms with Gasteiger partial charge in [0.2, 0.25) is 0 Å². The minimum Gasteiger partial charge on any atom is -0.396 e. The predicted molar refractivity (Wildman–Crippen MR) is 126 cm³/mol. The molecule has 0 fully saturated rings. The summed E-state index contributed by atoms with van der Waals surface area (Å²) in [6.45, 7) is 0.393. The number of rotatable bonds is 7. The van der Waals surface area contributed by atoms with Crippen LogP contribution in [0.4, 0.5) is 0 Å². The van der Waals surface area contributed by atoms with Crippen LogP contribution in [0.1, 0.15) is 23.1 Å². The van der Waals surface area contributed by atoms with Crippen LogP contribution >= 0.6 is 0 Å². The van der Waals surface area contributed by atoms with E-state index in [4.69, 9.17) is 10.2 Å². The van der Waals surface area contributed by atoms with Crippen LogP contribution < -0.4 is 0 Å². The Bertz CT molecular complexity index is 826. The number of hydrogen-bond donors (Lipinski definition) is 2. The number of aliphatic hydroxyl groups is 2. The number of aryl methyl sites for hydroxylation is 1. The average Bonchev–Trinajstić information content (AvgIpc) is 2.83. The van der Waals surface area contributed by atoms with E-state index < -0.39 is 0 Å². The molecule has 3 nitrogen and oxygen atoms in total. The summed E-state index contributed by atoms with van der Waals surface area (Å²) in [7, 11) is 0. The van der Waals surface area contributed by atoms with Gasteiger partial charge in [0, 0.05) is 6.61 Å². The second kappa shape index (κ2) is 17.8. The molecule has 0 bridgehead atoms. The van der Waals surface area contributed by atoms with E-state index in [1.54, 1.807) is 12.2 Å². The topological polar surface area (TPSA) is 57.5 Å². The molecule has 0 saturated carbocycles. The second-order valence-electron chi connectivity index (χ2n) is 6.21. The first-order valence-electron chi connectivity index (χ1n) is 9.94. The molecule has 30 heavy (non-hydrogen) atoms. The van der Waals surface area contributed by atoms with Crippen molar-refractivity contribution >= 4 is 18.4 Å². The highest BCUT2D eigenvalue weighted by atomic mass is 16.3. The van der Waals surface area contributed by atoms with Gasteiger partial charge in [0.25, 0.3) is 0 Å². The molecule has 0 spiro atoms. The van der Waals surface area contributed by atoms with E-state index >= 15 is 0 Å². The number of benzene rings is 3. The third-order valence-corrected chi connectivity index (χ3v) is 3.85. The normalized spacial score (nSPS) is 10.1. The molecule has 0 aliphatic carbocycles. The molecular weight excluding hydrogens is 372 g/mol. The lowest BCUT2D eigenvalue weighted by atomic mass is 10.1. The van der Waals surface area contributed by atoms with E-state index in [2.05, 4.69) is 12.1 Å². The van der Waals surface area contributed by atoms with Gasteiger partial charge in [-0.1, -0.05) is 109 Å². The maximum Gasteiger partial charge on any atom is 0.142 e. The van der Waals surface area contributed by atoms with Gasteiger partial charge in [0.1, 0.15) is 6.29 Å². The van der Waals surface area contributed by atoms with Crippen LogP contribution in [-0.4, -0.2) is 29.7 Å². The maximum absolute atomic E-state index is 9.89. The van der Waals surface area contributed by atoms with Gasteiger partial charge in [0.05, 0.1) is 6.61 Å². The lowest BCUT2D eigenvalue weighted by Crippen LogP contribution is -1.87. The molecule has 0 aliphatic rings. The van der Waals surface area contributed by atoms with Crippen LogP contribution in [0.2, 0.25) is 0 Å². The highest BCUT2D eigenvalue weighted by molar-refractivity contribution is 5.73. The second-order valence-corrected chi connectivity index (χ2v) is 6.21. The SMILES string of the molecule is O=C/C=C/c1ccccc1.OC/C=C/c1ccccc1.OCCCc1ccccc1. The number of aldehydes is 1. The van der Waals surface area contributed by atoms with Gasteiger partial charge in [-0.3, -0.25) is 4.79 Å². The minimum atomic E-state index is 0.106. The molecule has 0 heterocycles. The lowest BCUT2D eigenvalue weighted by molar-refractivity contribution is -0.104. The van der Waals surface area contributed by atoms with Gasteiger partial charge in [0.15, 0.2) is 0 Å². The third-order valence-electron chi connectivity index (χ3n) is 3.85. The smallest absolute Gasteiger partial charge is 0.142 e. The quantitative estimate of drug-likeness (QED) is 0.422. The summed E-state index contributed by atoms with van der Waals surface area (Å²) in [5.41, 5.74) is 3.47. The standard InChI is InChI=1S/C9H12O.C9H10O.C9H8O/c3*10-8-4-7-9-5-2-1-3-6-9/h1-3,5-6,10H,4,7-8H2;1-7,10H,8H2;1-8H/b;2*7-4+. The molecule has 3 rings (SSSR count). The highest BCUT2D eigenvalue weighted by Gasteiger charge is 1.88. The van der Waals surface area contributed by atoms with E-state index in [0.717, 1.165) is 30.3 Å². The fourth-order valence-corrected chi connectivity index (χ4v) is 2.40. The van der Waals surface area contributed by atoms with Crippen molar-refractivity contribution in [1.82, 2.24) is 0 Å². The first-order valence-corrected chi connectivity index (χ1v) is 9.94. The Hall–Kier alpha value is -3.27. The van der Waals surface area contributed by atoms with Crippen molar-refractivity contribution in [2.75, 3.05) is 13.2 Å². The Labute approximate surface area is 179 Å². The zero-order valence-corrected chi connectivity index (χ0v) is 17.2. The molecule has 0 amide bonds. The predicted octanol–water partition coefficient (Wildman–Crippen LogP) is 5.20. The fraction of sp³-hybridized carbons (Fsp3) is 0.148. The molecular formula is C27H30O3. The van der Waals surface area contributed by atoms with Crippen LogP contribution in [0.25, 0.3) is 12.2 Å². The zero-order valence-electron chi connectivity index (χ0n) is 17.2. The van der Waals surface area contributed by atoms with E-state index in [0.29, 0.717) is 0 Å². The van der Waals surface area contributed by atoms with Crippen LogP contribution in [0.3, 0.4) is 0 Å². The Morgan fingerprint density at radius 1 is 0.667 bits per heavy atom. The Balaban J connectivity index is 0.000000225. The summed E-state index contributed by atoms with van der Waals surface area (Å²) >= 11 is 0. The van der Waals surface area contributed by atoms with Crippen LogP contribution in [0.15, 0.2) is 103 Å². The van der Waals surface area contributed by atoms with Gasteiger partial charge < -0.3 is 10.2 Å². The summed E-state index contributed by atoms with van der Waals surface area (Å²) in [4.78, 5) is 9.89. The van der Waals surface area contributed by atoms with Gasteiger partial charge >= 0.3 is 0 Å². The molecule has 0 aromatic heterocycles. The monoisotopic (exact) mass is 402 g/mol. The van der Waals surface area contributed by atoms with Crippen molar-refractivity contribution in [3.8, 4) is 0 Å². The van der Waals surface area contributed by atoms with Gasteiger partial charge in [-0.2, -0.15) is 0 Å². The van der Waals surface area contributed by atoms with E-state index in [1.165, 1.54) is 11.6 Å². The Morgan fingerprint density at radius 2 is 1.17 bits per heavy atom. The minimum absolute atomic E-state index is 0.106. The summed E-state index contributed by atoms with van der Waals surface area (Å²) in [5.74, 6) is 0. The number of carbonyl (C=O) groups excluding carboxylic acids is 1. The number of aliphatic hydroxyl groups excluding tert-OH is 2. The van der Waals surface area contributed by atoms with Crippen molar-refractivity contribution in [1.29, 1.82) is 0 Å². The van der Waals surface area contributed by atoms with Crippen molar-refractivity contribution in [3.63, 3.8) is 0 Å². The molecule has 2 N–H and O–H groups in total. The average molecular weight is 403 g/mol. The van der Waals surface area contributed by atoms with Gasteiger partial charge in [-0.15, -0.1) is 0 Å². The van der Waals surface area contributed by atoms with E-state index in [9.17, 15) is 4.79 Å². The number of allylic oxidation sites excluding steroid dienone is 1. The molecule has 3 aromatic carbocycles. The summed E-state index contributed by atoms with van der Waals surface area (Å²) in [5, 5.41) is 17.0. The molecule has 156 valence electrons. The number of carbonyl (C=O) groups is 1. The first-order chi connectivity index (χ1) is 14.8. The third kappa shape index (κ3) is 13.0. The fourth-order valence-electron chi connectivity index (χ4n) is 2.40. The van der Waals surface area contributed by atoms with Gasteiger partial charge in [-0.05, 0) is 35.6 Å². The summed E-state index contributed by atoms with van der Waals surface area (Å²) in [6, 6.07) is 29.8. The number of hydrogen-bond acceptors (Lipinski definition) is 3. The van der Waals surface area contributed by atoms with Crippen LogP contribution in [-0.2, 0) is 11.2 Å². The van der Waals surface area contributed by atoms with E-state index in [1.807, 2.05) is 84.9 Å². The summed E-state index contributed by atoms with van der Waals surface area (Å²) < 4.78 is 0. The van der Waals surface area contributed by atoms with Crippen LogP contribution in [0, 0.1) is 0 Å². The van der Waals surface area contributed by atoms with Crippen LogP contribution in [0.5, 0.6) is 0 Å². The molecule has 3 aromatic rings. The highest BCUT2D eigenvalue weighted by Crippen LogP contribution is 2.01. The molecule has 0 saturated heterocycles. The van der Waals surface area contributed by atoms with Crippen molar-refractivity contribution in [3.05, 3.63) is 120 Å². The molecule has 3 heteroatoms. The summed E-state index contributed by atoms with van der Waals surface area (Å²) in [6.07, 6.45) is 9.48. The first kappa shape index (κ1) is 24.8. The molecule has 0 aliphatic heterocycles. The maximum atomic E-state index is 9.89. The van der Waals surface area contributed by atoms with Gasteiger partial charge in [-0.25, -0.2) is 0 Å².